The highest BCUT2D eigenvalue weighted by Crippen LogP contribution is 2.55. The number of hydrogen-bond donors (Lipinski definition) is 0. The Hall–Kier alpha value is -6.26. The van der Waals surface area contributed by atoms with Crippen LogP contribution in [0.4, 0.5) is 0 Å². The predicted octanol–water partition coefficient (Wildman–Crippen LogP) is 11.6. The van der Waals surface area contributed by atoms with Crippen molar-refractivity contribution in [2.75, 3.05) is 0 Å². The van der Waals surface area contributed by atoms with Crippen LogP contribution in [-0.2, 0) is 5.41 Å². The van der Waals surface area contributed by atoms with Gasteiger partial charge in [0.25, 0.3) is 0 Å². The molecule has 0 amide bonds. The molecule has 6 aromatic carbocycles. The van der Waals surface area contributed by atoms with E-state index in [2.05, 4.69) is 146 Å². The molecule has 3 aromatic heterocycles. The summed E-state index contributed by atoms with van der Waals surface area (Å²) in [7, 11) is 0. The van der Waals surface area contributed by atoms with Crippen LogP contribution in [0.3, 0.4) is 0 Å². The Bertz CT molecular complexity index is 2720. The molecule has 0 radical (unpaired) electrons. The summed E-state index contributed by atoms with van der Waals surface area (Å²) in [4.78, 5) is 10.4. The van der Waals surface area contributed by atoms with Gasteiger partial charge in [-0.05, 0) is 58.7 Å². The molecule has 0 unspecified atom stereocenters. The molecular formula is C45H31N3O. The summed E-state index contributed by atoms with van der Waals surface area (Å²) in [6, 6.07) is 53.3. The molecule has 9 aromatic rings. The maximum absolute atomic E-state index is 6.54. The van der Waals surface area contributed by atoms with Gasteiger partial charge in [0.2, 0.25) is 0 Å². The summed E-state index contributed by atoms with van der Waals surface area (Å²) in [5.41, 5.74) is 16.0. The zero-order valence-corrected chi connectivity index (χ0v) is 27.2. The van der Waals surface area contributed by atoms with Crippen molar-refractivity contribution in [2.45, 2.75) is 19.3 Å². The molecule has 10 rings (SSSR count). The van der Waals surface area contributed by atoms with Crippen molar-refractivity contribution in [1.29, 1.82) is 0 Å². The van der Waals surface area contributed by atoms with Crippen LogP contribution >= 0.6 is 0 Å². The fourth-order valence-electron chi connectivity index (χ4n) is 7.86. The van der Waals surface area contributed by atoms with E-state index >= 15 is 0 Å². The van der Waals surface area contributed by atoms with Crippen LogP contribution in [0.5, 0.6) is 0 Å². The molecular weight excluding hydrogens is 599 g/mol. The number of aromatic nitrogens is 3. The molecule has 1 aliphatic carbocycles. The highest BCUT2D eigenvalue weighted by atomic mass is 16.3. The van der Waals surface area contributed by atoms with E-state index in [1.807, 2.05) is 24.3 Å². The summed E-state index contributed by atoms with van der Waals surface area (Å²) in [5.74, 6) is 0.931. The zero-order valence-electron chi connectivity index (χ0n) is 27.2. The van der Waals surface area contributed by atoms with Crippen LogP contribution in [0.25, 0.3) is 83.7 Å². The average molecular weight is 630 g/mol. The lowest BCUT2D eigenvalue weighted by molar-refractivity contribution is 0.651. The van der Waals surface area contributed by atoms with E-state index in [1.54, 1.807) is 0 Å². The largest absolute Gasteiger partial charge is 0.454 e. The van der Waals surface area contributed by atoms with Gasteiger partial charge in [-0.3, -0.25) is 4.57 Å². The average Bonchev–Trinajstić information content (AvgIpc) is 3.80. The molecule has 49 heavy (non-hydrogen) atoms. The molecule has 0 bridgehead atoms. The van der Waals surface area contributed by atoms with Crippen LogP contribution in [0.15, 0.2) is 156 Å². The first-order valence-corrected chi connectivity index (χ1v) is 16.8. The van der Waals surface area contributed by atoms with Crippen LogP contribution < -0.4 is 0 Å². The van der Waals surface area contributed by atoms with Gasteiger partial charge in [0, 0.05) is 38.7 Å². The molecule has 232 valence electrons. The molecule has 4 heteroatoms. The summed E-state index contributed by atoms with van der Waals surface area (Å²) in [6.07, 6.45) is 0. The number of hydrogen-bond acceptors (Lipinski definition) is 3. The highest BCUT2D eigenvalue weighted by molar-refractivity contribution is 6.11. The fourth-order valence-corrected chi connectivity index (χ4v) is 7.86. The molecule has 0 aliphatic heterocycles. The highest BCUT2D eigenvalue weighted by Gasteiger charge is 2.40. The Morgan fingerprint density at radius 1 is 0.571 bits per heavy atom. The number of para-hydroxylation sites is 4. The molecule has 0 fully saturated rings. The van der Waals surface area contributed by atoms with E-state index in [0.29, 0.717) is 0 Å². The first kappa shape index (κ1) is 27.8. The van der Waals surface area contributed by atoms with E-state index in [0.717, 1.165) is 78.1 Å². The topological polar surface area (TPSA) is 43.9 Å². The number of furan rings is 1. The minimum Gasteiger partial charge on any atom is -0.454 e. The van der Waals surface area contributed by atoms with Crippen molar-refractivity contribution in [3.05, 3.63) is 163 Å². The first-order chi connectivity index (χ1) is 24.1. The Balaban J connectivity index is 1.07. The number of pyridine rings is 1. The van der Waals surface area contributed by atoms with Gasteiger partial charge in [-0.2, -0.15) is 0 Å². The minimum absolute atomic E-state index is 0.230. The predicted molar refractivity (Wildman–Crippen MR) is 200 cm³/mol. The van der Waals surface area contributed by atoms with Crippen molar-refractivity contribution >= 4 is 33.1 Å². The van der Waals surface area contributed by atoms with E-state index < -0.39 is 0 Å². The molecule has 0 atom stereocenters. The third-order valence-corrected chi connectivity index (χ3v) is 10.2. The molecule has 0 saturated heterocycles. The second kappa shape index (κ2) is 10.4. The number of benzene rings is 6. The lowest BCUT2D eigenvalue weighted by atomic mass is 9.80. The zero-order chi connectivity index (χ0) is 32.7. The molecule has 3 heterocycles. The van der Waals surface area contributed by atoms with Gasteiger partial charge in [-0.25, -0.2) is 9.97 Å². The number of fused-ring (bicyclic) bond motifs is 8. The monoisotopic (exact) mass is 629 g/mol. The van der Waals surface area contributed by atoms with Crippen LogP contribution in [-0.4, -0.2) is 14.5 Å². The van der Waals surface area contributed by atoms with E-state index in [-0.39, 0.29) is 5.41 Å². The smallest absolute Gasteiger partial charge is 0.162 e. The van der Waals surface area contributed by atoms with Crippen molar-refractivity contribution in [1.82, 2.24) is 14.5 Å². The Morgan fingerprint density at radius 2 is 1.20 bits per heavy atom. The van der Waals surface area contributed by atoms with Crippen molar-refractivity contribution in [3.8, 4) is 50.6 Å². The van der Waals surface area contributed by atoms with Crippen LogP contribution in [0, 0.1) is 0 Å². The minimum atomic E-state index is -0.230. The van der Waals surface area contributed by atoms with Gasteiger partial charge in [0.15, 0.2) is 5.58 Å². The summed E-state index contributed by atoms with van der Waals surface area (Å²) in [6.45, 7) is 4.61. The standard InChI is InChI=1S/C45H31N3O/c1-45(2)35-16-8-6-14-33(35)39-40(45)41(47-42-34-15-7-11-19-38(34)49-43(39)42)30-24-20-28(21-25-30)29-22-26-31(27-23-29)44-46-36-17-9-10-18-37(36)48(44)32-12-4-3-5-13-32/h3-27H,1-2H3. The Labute approximate surface area is 284 Å². The van der Waals surface area contributed by atoms with Crippen molar-refractivity contribution < 1.29 is 4.42 Å². The maximum Gasteiger partial charge on any atom is 0.162 e. The van der Waals surface area contributed by atoms with Crippen LogP contribution in [0.1, 0.15) is 25.0 Å². The number of nitrogens with zero attached hydrogens (tertiary/aromatic N) is 3. The van der Waals surface area contributed by atoms with Crippen LogP contribution in [0.2, 0.25) is 0 Å². The lowest BCUT2D eigenvalue weighted by Gasteiger charge is -2.24. The van der Waals surface area contributed by atoms with Gasteiger partial charge < -0.3 is 4.42 Å². The van der Waals surface area contributed by atoms with Gasteiger partial charge in [-0.1, -0.05) is 129 Å². The molecule has 1 aliphatic rings. The van der Waals surface area contributed by atoms with E-state index in [1.165, 1.54) is 16.7 Å². The second-order valence-corrected chi connectivity index (χ2v) is 13.4. The number of rotatable bonds is 4. The van der Waals surface area contributed by atoms with Crippen molar-refractivity contribution in [2.24, 2.45) is 0 Å². The molecule has 0 N–H and O–H groups in total. The maximum atomic E-state index is 6.54. The molecule has 0 saturated carbocycles. The lowest BCUT2D eigenvalue weighted by Crippen LogP contribution is -2.17. The van der Waals surface area contributed by atoms with Gasteiger partial charge >= 0.3 is 0 Å². The third kappa shape index (κ3) is 4.10. The summed E-state index contributed by atoms with van der Waals surface area (Å²) in [5, 5.41) is 1.04. The quantitative estimate of drug-likeness (QED) is 0.195. The third-order valence-electron chi connectivity index (χ3n) is 10.2. The number of imidazole rings is 1. The van der Waals surface area contributed by atoms with Gasteiger partial charge in [-0.15, -0.1) is 0 Å². The first-order valence-electron chi connectivity index (χ1n) is 16.8. The van der Waals surface area contributed by atoms with Gasteiger partial charge in [0.05, 0.1) is 16.7 Å². The van der Waals surface area contributed by atoms with E-state index in [4.69, 9.17) is 14.4 Å². The summed E-state index contributed by atoms with van der Waals surface area (Å²) >= 11 is 0. The molecule has 0 spiro atoms. The Morgan fingerprint density at radius 3 is 2.00 bits per heavy atom. The SMILES string of the molecule is CC1(C)c2ccccc2-c2c1c(-c1ccc(-c3ccc(-c4nc5ccccc5n4-c4ccccc4)cc3)cc1)nc1c2oc2ccccc21. The Kier molecular flexibility index (Phi) is 5.89. The van der Waals surface area contributed by atoms with Gasteiger partial charge in [0.1, 0.15) is 16.9 Å². The van der Waals surface area contributed by atoms with E-state index in [9.17, 15) is 0 Å². The molecule has 4 nitrogen and oxygen atoms in total. The van der Waals surface area contributed by atoms with Crippen molar-refractivity contribution in [3.63, 3.8) is 0 Å². The summed E-state index contributed by atoms with van der Waals surface area (Å²) < 4.78 is 8.78. The normalized spacial score (nSPS) is 13.3. The second-order valence-electron chi connectivity index (χ2n) is 13.4. The fraction of sp³-hybridized carbons (Fsp3) is 0.0667.